The highest BCUT2D eigenvalue weighted by Crippen LogP contribution is 2.17. The van der Waals surface area contributed by atoms with Gasteiger partial charge in [0.25, 0.3) is 11.8 Å². The Morgan fingerprint density at radius 2 is 1.58 bits per heavy atom. The van der Waals surface area contributed by atoms with Crippen LogP contribution in [0.2, 0.25) is 0 Å². The molecule has 1 aliphatic heterocycles. The van der Waals surface area contributed by atoms with Crippen molar-refractivity contribution in [2.75, 3.05) is 13.1 Å². The van der Waals surface area contributed by atoms with Gasteiger partial charge in [-0.2, -0.15) is 0 Å². The number of likely N-dealkylation sites (tertiary alicyclic amines) is 1. The number of piperidine rings is 1. The molecule has 0 aromatic heterocycles. The highest BCUT2D eigenvalue weighted by Gasteiger charge is 2.26. The van der Waals surface area contributed by atoms with Crippen LogP contribution in [0.4, 0.5) is 13.2 Å². The van der Waals surface area contributed by atoms with E-state index in [2.05, 4.69) is 5.32 Å². The van der Waals surface area contributed by atoms with Crippen LogP contribution in [-0.4, -0.2) is 35.8 Å². The molecule has 4 nitrogen and oxygen atoms in total. The standard InChI is InChI=1S/C19H17F3N2O2/c20-12-5-6-17(22)15(11-12)18(25)23-13-7-9-24(10-8-13)19(26)14-3-1-2-4-16(14)21/h1-6,11,13H,7-10H2,(H,23,25). The van der Waals surface area contributed by atoms with Crippen molar-refractivity contribution < 1.29 is 22.8 Å². The zero-order valence-electron chi connectivity index (χ0n) is 13.8. The Balaban J connectivity index is 1.59. The highest BCUT2D eigenvalue weighted by molar-refractivity contribution is 5.95. The SMILES string of the molecule is O=C(NC1CCN(C(=O)c2ccccc2F)CC1)c1cc(F)ccc1F. The highest BCUT2D eigenvalue weighted by atomic mass is 19.1. The lowest BCUT2D eigenvalue weighted by atomic mass is 10.0. The summed E-state index contributed by atoms with van der Waals surface area (Å²) in [6, 6.07) is 8.19. The quantitative estimate of drug-likeness (QED) is 0.912. The molecule has 0 atom stereocenters. The first-order valence-corrected chi connectivity index (χ1v) is 8.25. The summed E-state index contributed by atoms with van der Waals surface area (Å²) in [5, 5.41) is 2.66. The zero-order valence-corrected chi connectivity index (χ0v) is 13.8. The number of hydrogen-bond acceptors (Lipinski definition) is 2. The fourth-order valence-corrected chi connectivity index (χ4v) is 2.97. The monoisotopic (exact) mass is 362 g/mol. The molecule has 1 N–H and O–H groups in total. The van der Waals surface area contributed by atoms with E-state index in [4.69, 9.17) is 0 Å². The second-order valence-electron chi connectivity index (χ2n) is 6.14. The minimum atomic E-state index is -0.795. The molecular weight excluding hydrogens is 345 g/mol. The van der Waals surface area contributed by atoms with E-state index < -0.39 is 29.3 Å². The number of carbonyl (C=O) groups excluding carboxylic acids is 2. The van der Waals surface area contributed by atoms with Crippen LogP contribution in [0.1, 0.15) is 33.6 Å². The normalized spacial score (nSPS) is 15.0. The average molecular weight is 362 g/mol. The summed E-state index contributed by atoms with van der Waals surface area (Å²) in [6.07, 6.45) is 0.895. The van der Waals surface area contributed by atoms with Crippen LogP contribution in [0.25, 0.3) is 0 Å². The molecule has 26 heavy (non-hydrogen) atoms. The number of nitrogens with one attached hydrogen (secondary N) is 1. The lowest BCUT2D eigenvalue weighted by Gasteiger charge is -2.32. The molecule has 0 saturated carbocycles. The maximum atomic E-state index is 13.7. The van der Waals surface area contributed by atoms with Crippen molar-refractivity contribution in [2.24, 2.45) is 0 Å². The summed E-state index contributed by atoms with van der Waals surface area (Å²) in [6.45, 7) is 0.674. The van der Waals surface area contributed by atoms with Crippen molar-refractivity contribution in [3.05, 3.63) is 71.0 Å². The maximum Gasteiger partial charge on any atom is 0.256 e. The van der Waals surface area contributed by atoms with Gasteiger partial charge in [-0.1, -0.05) is 12.1 Å². The van der Waals surface area contributed by atoms with E-state index >= 15 is 0 Å². The molecule has 0 spiro atoms. The summed E-state index contributed by atoms with van der Waals surface area (Å²) in [5.41, 5.74) is -0.341. The Bertz CT molecular complexity index is 833. The molecule has 0 bridgehead atoms. The first kappa shape index (κ1) is 18.0. The van der Waals surface area contributed by atoms with Crippen molar-refractivity contribution in [1.82, 2.24) is 10.2 Å². The molecule has 2 aromatic rings. The van der Waals surface area contributed by atoms with Crippen LogP contribution in [-0.2, 0) is 0 Å². The van der Waals surface area contributed by atoms with E-state index in [1.54, 1.807) is 6.07 Å². The van der Waals surface area contributed by atoms with Gasteiger partial charge in [0, 0.05) is 19.1 Å². The third-order valence-corrected chi connectivity index (χ3v) is 4.39. The number of hydrogen-bond donors (Lipinski definition) is 1. The third-order valence-electron chi connectivity index (χ3n) is 4.39. The van der Waals surface area contributed by atoms with Gasteiger partial charge >= 0.3 is 0 Å². The van der Waals surface area contributed by atoms with Gasteiger partial charge in [0.2, 0.25) is 0 Å². The van der Waals surface area contributed by atoms with Crippen LogP contribution in [0, 0.1) is 17.5 Å². The van der Waals surface area contributed by atoms with E-state index in [-0.39, 0.29) is 17.2 Å². The van der Waals surface area contributed by atoms with Gasteiger partial charge in [-0.3, -0.25) is 9.59 Å². The van der Waals surface area contributed by atoms with Crippen molar-refractivity contribution >= 4 is 11.8 Å². The molecule has 0 unspecified atom stereocenters. The Hall–Kier alpha value is -2.83. The molecular formula is C19H17F3N2O2. The number of rotatable bonds is 3. The Morgan fingerprint density at radius 1 is 0.923 bits per heavy atom. The Kier molecular flexibility index (Phi) is 5.25. The van der Waals surface area contributed by atoms with E-state index in [0.29, 0.717) is 25.9 Å². The van der Waals surface area contributed by atoms with E-state index in [0.717, 1.165) is 18.2 Å². The van der Waals surface area contributed by atoms with E-state index in [9.17, 15) is 22.8 Å². The number of amides is 2. The molecule has 1 heterocycles. The second kappa shape index (κ2) is 7.59. The molecule has 7 heteroatoms. The van der Waals surface area contributed by atoms with Gasteiger partial charge < -0.3 is 10.2 Å². The second-order valence-corrected chi connectivity index (χ2v) is 6.14. The lowest BCUT2D eigenvalue weighted by molar-refractivity contribution is 0.0693. The molecule has 0 radical (unpaired) electrons. The number of nitrogens with zero attached hydrogens (tertiary/aromatic N) is 1. The first-order chi connectivity index (χ1) is 12.5. The smallest absolute Gasteiger partial charge is 0.256 e. The molecule has 1 fully saturated rings. The van der Waals surface area contributed by atoms with Gasteiger partial charge in [0.05, 0.1) is 11.1 Å². The van der Waals surface area contributed by atoms with E-state index in [1.807, 2.05) is 0 Å². The fourth-order valence-electron chi connectivity index (χ4n) is 2.97. The number of carbonyl (C=O) groups is 2. The van der Waals surface area contributed by atoms with Crippen LogP contribution < -0.4 is 5.32 Å². The Morgan fingerprint density at radius 3 is 2.27 bits per heavy atom. The predicted octanol–water partition coefficient (Wildman–Crippen LogP) is 3.14. The van der Waals surface area contributed by atoms with Gasteiger partial charge in [0.15, 0.2) is 0 Å². The Labute approximate surface area is 148 Å². The summed E-state index contributed by atoms with van der Waals surface area (Å²) < 4.78 is 40.6. The first-order valence-electron chi connectivity index (χ1n) is 8.25. The van der Waals surface area contributed by atoms with Crippen LogP contribution >= 0.6 is 0 Å². The zero-order chi connectivity index (χ0) is 18.7. The summed E-state index contributed by atoms with van der Waals surface area (Å²) in [5.74, 6) is -3.16. The van der Waals surface area contributed by atoms with Gasteiger partial charge in [-0.25, -0.2) is 13.2 Å². The lowest BCUT2D eigenvalue weighted by Crippen LogP contribution is -2.46. The maximum absolute atomic E-state index is 13.7. The van der Waals surface area contributed by atoms with Crippen LogP contribution in [0.3, 0.4) is 0 Å². The number of benzene rings is 2. The topological polar surface area (TPSA) is 49.4 Å². The van der Waals surface area contributed by atoms with Gasteiger partial charge in [-0.15, -0.1) is 0 Å². The van der Waals surface area contributed by atoms with Crippen molar-refractivity contribution in [1.29, 1.82) is 0 Å². The fraction of sp³-hybridized carbons (Fsp3) is 0.263. The molecule has 0 aliphatic carbocycles. The number of halogens is 3. The van der Waals surface area contributed by atoms with Crippen LogP contribution in [0.15, 0.2) is 42.5 Å². The van der Waals surface area contributed by atoms with Crippen molar-refractivity contribution in [2.45, 2.75) is 18.9 Å². The predicted molar refractivity (Wildman–Crippen MR) is 89.1 cm³/mol. The van der Waals surface area contributed by atoms with E-state index in [1.165, 1.54) is 23.1 Å². The third kappa shape index (κ3) is 3.87. The summed E-state index contributed by atoms with van der Waals surface area (Å²) >= 11 is 0. The molecule has 1 aliphatic rings. The molecule has 2 amide bonds. The average Bonchev–Trinajstić information content (AvgIpc) is 2.64. The minimum Gasteiger partial charge on any atom is -0.349 e. The van der Waals surface area contributed by atoms with Gasteiger partial charge in [0.1, 0.15) is 17.5 Å². The minimum absolute atomic E-state index is 0.0109. The molecule has 1 saturated heterocycles. The van der Waals surface area contributed by atoms with Gasteiger partial charge in [-0.05, 0) is 43.2 Å². The molecule has 2 aromatic carbocycles. The largest absolute Gasteiger partial charge is 0.349 e. The summed E-state index contributed by atoms with van der Waals surface area (Å²) in [4.78, 5) is 26.0. The van der Waals surface area contributed by atoms with Crippen LogP contribution in [0.5, 0.6) is 0 Å². The molecule has 3 rings (SSSR count). The summed E-state index contributed by atoms with van der Waals surface area (Å²) in [7, 11) is 0. The van der Waals surface area contributed by atoms with Crippen molar-refractivity contribution in [3.8, 4) is 0 Å². The van der Waals surface area contributed by atoms with Crippen molar-refractivity contribution in [3.63, 3.8) is 0 Å². The molecule has 136 valence electrons.